The van der Waals surface area contributed by atoms with Gasteiger partial charge in [-0.15, -0.1) is 0 Å². The molecule has 2 heterocycles. The van der Waals surface area contributed by atoms with Crippen LogP contribution in [0.3, 0.4) is 0 Å². The Bertz CT molecular complexity index is 1460. The van der Waals surface area contributed by atoms with Crippen LogP contribution in [0.15, 0.2) is 79.0 Å². The molecular weight excluding hydrogens is 484 g/mol. The molecule has 1 aliphatic carbocycles. The monoisotopic (exact) mass is 518 g/mol. The molecule has 3 aromatic carbocycles. The van der Waals surface area contributed by atoms with Gasteiger partial charge in [-0.25, -0.2) is 9.97 Å². The van der Waals surface area contributed by atoms with Gasteiger partial charge < -0.3 is 15.5 Å². The first-order chi connectivity index (χ1) is 19.1. The van der Waals surface area contributed by atoms with Gasteiger partial charge in [-0.05, 0) is 72.4 Å². The van der Waals surface area contributed by atoms with E-state index >= 15 is 0 Å². The number of hydrogen-bond donors (Lipinski definition) is 2. The van der Waals surface area contributed by atoms with E-state index in [1.54, 1.807) is 17.3 Å². The summed E-state index contributed by atoms with van der Waals surface area (Å²) >= 11 is 0. The van der Waals surface area contributed by atoms with Crippen LogP contribution in [0.1, 0.15) is 30.0 Å². The molecule has 0 bridgehead atoms. The minimum Gasteiger partial charge on any atom is -0.369 e. The fraction of sp³-hybridized carbons (Fsp3) is 0.281. The van der Waals surface area contributed by atoms with Gasteiger partial charge in [0.05, 0.1) is 5.69 Å². The molecule has 1 aliphatic heterocycles. The average Bonchev–Trinajstić information content (AvgIpc) is 3.42. The van der Waals surface area contributed by atoms with Gasteiger partial charge in [0, 0.05) is 68.5 Å². The Kier molecular flexibility index (Phi) is 7.23. The third-order valence-electron chi connectivity index (χ3n) is 7.57. The van der Waals surface area contributed by atoms with Crippen molar-refractivity contribution in [1.29, 1.82) is 0 Å². The largest absolute Gasteiger partial charge is 0.369 e. The van der Waals surface area contributed by atoms with Crippen LogP contribution in [-0.4, -0.2) is 47.0 Å². The van der Waals surface area contributed by atoms with Crippen LogP contribution in [0.4, 0.5) is 23.0 Å². The Labute approximate surface area is 229 Å². The average molecular weight is 519 g/mol. The van der Waals surface area contributed by atoms with Crippen molar-refractivity contribution < 1.29 is 4.79 Å². The Balaban J connectivity index is 1.07. The molecule has 2 N–H and O–H groups in total. The van der Waals surface area contributed by atoms with Crippen molar-refractivity contribution in [3.8, 4) is 11.3 Å². The van der Waals surface area contributed by atoms with E-state index in [2.05, 4.69) is 61.8 Å². The molecule has 1 aromatic heterocycles. The minimum atomic E-state index is -0.0878. The molecule has 0 unspecified atom stereocenters. The molecular formula is C32H34N6O. The van der Waals surface area contributed by atoms with Crippen LogP contribution in [0.5, 0.6) is 0 Å². The number of aryl methyl sites for hydroxylation is 2. The highest BCUT2D eigenvalue weighted by Crippen LogP contribution is 2.26. The number of hydrogen-bond acceptors (Lipinski definition) is 6. The number of benzene rings is 3. The summed E-state index contributed by atoms with van der Waals surface area (Å²) < 4.78 is 0. The van der Waals surface area contributed by atoms with Gasteiger partial charge in [-0.3, -0.25) is 9.69 Å². The van der Waals surface area contributed by atoms with Crippen LogP contribution < -0.4 is 15.5 Å². The van der Waals surface area contributed by atoms with E-state index in [1.165, 1.54) is 37.4 Å². The number of aromatic nitrogens is 2. The van der Waals surface area contributed by atoms with Crippen LogP contribution in [-0.2, 0) is 24.2 Å². The van der Waals surface area contributed by atoms with E-state index in [0.717, 1.165) is 55.4 Å². The van der Waals surface area contributed by atoms with E-state index in [-0.39, 0.29) is 5.91 Å². The number of nitrogens with zero attached hydrogens (tertiary/aromatic N) is 4. The summed E-state index contributed by atoms with van der Waals surface area (Å²) in [5.74, 6) is 0.463. The van der Waals surface area contributed by atoms with Crippen molar-refractivity contribution in [1.82, 2.24) is 14.9 Å². The van der Waals surface area contributed by atoms with E-state index < -0.39 is 0 Å². The first-order valence-electron chi connectivity index (χ1n) is 13.8. The van der Waals surface area contributed by atoms with Gasteiger partial charge >= 0.3 is 0 Å². The number of nitrogens with one attached hydrogen (secondary N) is 2. The summed E-state index contributed by atoms with van der Waals surface area (Å²) in [6.07, 6.45) is 5.55. The summed E-state index contributed by atoms with van der Waals surface area (Å²) in [5.41, 5.74) is 9.27. The summed E-state index contributed by atoms with van der Waals surface area (Å²) in [7, 11) is 0. The predicted molar refractivity (Wildman–Crippen MR) is 157 cm³/mol. The lowest BCUT2D eigenvalue weighted by molar-refractivity contribution is -0.114. The van der Waals surface area contributed by atoms with E-state index in [0.29, 0.717) is 5.95 Å². The number of carbonyl (C=O) groups is 1. The van der Waals surface area contributed by atoms with Crippen molar-refractivity contribution >= 4 is 28.9 Å². The number of rotatable bonds is 7. The second-order valence-electron chi connectivity index (χ2n) is 10.4. The van der Waals surface area contributed by atoms with Gasteiger partial charge in [-0.1, -0.05) is 36.4 Å². The Morgan fingerprint density at radius 3 is 2.51 bits per heavy atom. The fourth-order valence-electron chi connectivity index (χ4n) is 5.56. The highest BCUT2D eigenvalue weighted by molar-refractivity contribution is 5.88. The third-order valence-corrected chi connectivity index (χ3v) is 7.57. The molecule has 1 saturated heterocycles. The predicted octanol–water partition coefficient (Wildman–Crippen LogP) is 5.66. The molecule has 0 saturated carbocycles. The maximum atomic E-state index is 11.3. The fourth-order valence-corrected chi connectivity index (χ4v) is 5.56. The lowest BCUT2D eigenvalue weighted by atomic mass is 10.1. The third kappa shape index (κ3) is 6.10. The molecule has 198 valence electrons. The first-order valence-corrected chi connectivity index (χ1v) is 13.8. The molecule has 0 spiro atoms. The van der Waals surface area contributed by atoms with Gasteiger partial charge in [0.2, 0.25) is 11.9 Å². The van der Waals surface area contributed by atoms with E-state index in [9.17, 15) is 4.79 Å². The lowest BCUT2D eigenvalue weighted by Gasteiger charge is -2.36. The quantitative estimate of drug-likeness (QED) is 0.329. The zero-order chi connectivity index (χ0) is 26.6. The number of anilines is 4. The standard InChI is InChI=1S/C32H34N6O/c1-23(39)34-28-12-10-26(11-13-28)31-14-15-33-32(36-31)35-29-6-3-7-30(21-29)38-18-16-37(17-19-38)22-24-8-9-25-4-2-5-27(25)20-24/h3,6-15,20-21H,2,4-5,16-19,22H2,1H3,(H,34,39)(H,33,35,36). The van der Waals surface area contributed by atoms with Crippen molar-refractivity contribution in [2.24, 2.45) is 0 Å². The van der Waals surface area contributed by atoms with Crippen molar-refractivity contribution in [3.63, 3.8) is 0 Å². The molecule has 2 aliphatic rings. The first kappa shape index (κ1) is 25.1. The minimum absolute atomic E-state index is 0.0878. The number of carbonyl (C=O) groups excluding carboxylic acids is 1. The molecule has 7 nitrogen and oxygen atoms in total. The van der Waals surface area contributed by atoms with Gasteiger partial charge in [0.25, 0.3) is 0 Å². The zero-order valence-electron chi connectivity index (χ0n) is 22.4. The topological polar surface area (TPSA) is 73.4 Å². The smallest absolute Gasteiger partial charge is 0.227 e. The molecule has 0 atom stereocenters. The van der Waals surface area contributed by atoms with Crippen LogP contribution in [0.2, 0.25) is 0 Å². The van der Waals surface area contributed by atoms with Crippen LogP contribution >= 0.6 is 0 Å². The van der Waals surface area contributed by atoms with Crippen molar-refractivity contribution in [2.75, 3.05) is 41.7 Å². The molecule has 1 amide bonds. The van der Waals surface area contributed by atoms with Gasteiger partial charge in [0.15, 0.2) is 0 Å². The molecule has 7 heteroatoms. The highest BCUT2D eigenvalue weighted by Gasteiger charge is 2.19. The van der Waals surface area contributed by atoms with Gasteiger partial charge in [0.1, 0.15) is 0 Å². The Morgan fingerprint density at radius 2 is 1.69 bits per heavy atom. The lowest BCUT2D eigenvalue weighted by Crippen LogP contribution is -2.46. The Morgan fingerprint density at radius 1 is 0.872 bits per heavy atom. The van der Waals surface area contributed by atoms with E-state index in [4.69, 9.17) is 4.98 Å². The summed E-state index contributed by atoms with van der Waals surface area (Å²) in [6, 6.07) is 25.1. The number of fused-ring (bicyclic) bond motifs is 1. The van der Waals surface area contributed by atoms with Crippen molar-refractivity contribution in [3.05, 3.63) is 95.7 Å². The molecule has 1 fully saturated rings. The molecule has 6 rings (SSSR count). The zero-order valence-corrected chi connectivity index (χ0v) is 22.4. The highest BCUT2D eigenvalue weighted by atomic mass is 16.1. The maximum absolute atomic E-state index is 11.3. The number of piperazine rings is 1. The molecule has 39 heavy (non-hydrogen) atoms. The van der Waals surface area contributed by atoms with Crippen molar-refractivity contribution in [2.45, 2.75) is 32.7 Å². The second kappa shape index (κ2) is 11.3. The number of amides is 1. The van der Waals surface area contributed by atoms with Crippen LogP contribution in [0.25, 0.3) is 11.3 Å². The maximum Gasteiger partial charge on any atom is 0.227 e. The van der Waals surface area contributed by atoms with E-state index in [1.807, 2.05) is 36.4 Å². The summed E-state index contributed by atoms with van der Waals surface area (Å²) in [5, 5.41) is 6.17. The normalized spacial score (nSPS) is 15.2. The molecule has 0 radical (unpaired) electrons. The summed E-state index contributed by atoms with van der Waals surface area (Å²) in [4.78, 5) is 25.4. The SMILES string of the molecule is CC(=O)Nc1ccc(-c2ccnc(Nc3cccc(N4CCN(Cc5ccc6c(c5)CCC6)CC4)c3)n2)cc1. The second-order valence-corrected chi connectivity index (χ2v) is 10.4. The summed E-state index contributed by atoms with van der Waals surface area (Å²) in [6.45, 7) is 6.67. The van der Waals surface area contributed by atoms with Crippen LogP contribution in [0, 0.1) is 0 Å². The molecule has 4 aromatic rings. The van der Waals surface area contributed by atoms with Gasteiger partial charge in [-0.2, -0.15) is 0 Å². The Hall–Kier alpha value is -4.23.